The maximum Gasteiger partial charge on any atom is 0.307 e. The quantitative estimate of drug-likeness (QED) is 0.669. The fourth-order valence-corrected chi connectivity index (χ4v) is 4.68. The van der Waals surface area contributed by atoms with Gasteiger partial charge in [0.05, 0.1) is 5.92 Å². The van der Waals surface area contributed by atoms with E-state index in [1.165, 1.54) is 12.8 Å². The second kappa shape index (κ2) is 7.50. The smallest absolute Gasteiger partial charge is 0.307 e. The van der Waals surface area contributed by atoms with Gasteiger partial charge in [-0.05, 0) is 48.8 Å². The number of fused-ring (bicyclic) bond motifs is 3. The molecule has 1 aliphatic carbocycles. The molecule has 0 spiro atoms. The molecule has 1 aromatic rings. The van der Waals surface area contributed by atoms with Crippen LogP contribution in [0.1, 0.15) is 89.2 Å². The summed E-state index contributed by atoms with van der Waals surface area (Å²) in [6.45, 7) is 6.61. The summed E-state index contributed by atoms with van der Waals surface area (Å²) in [6.07, 6.45) is 7.90. The first kappa shape index (κ1) is 19.1. The highest BCUT2D eigenvalue weighted by atomic mass is 16.5. The Morgan fingerprint density at radius 1 is 1.23 bits per heavy atom. The number of rotatable bonds is 6. The molecule has 4 nitrogen and oxygen atoms in total. The van der Waals surface area contributed by atoms with E-state index >= 15 is 0 Å². The summed E-state index contributed by atoms with van der Waals surface area (Å²) in [5.74, 6) is -0.574. The summed E-state index contributed by atoms with van der Waals surface area (Å²) in [7, 11) is 0. The average Bonchev–Trinajstić information content (AvgIpc) is 2.80. The molecule has 2 aliphatic rings. The number of phenolic OH excluding ortho intramolecular Hbond substituents is 1. The topological polar surface area (TPSA) is 66.8 Å². The van der Waals surface area contributed by atoms with E-state index in [2.05, 4.69) is 26.8 Å². The predicted molar refractivity (Wildman–Crippen MR) is 102 cm³/mol. The highest BCUT2D eigenvalue weighted by molar-refractivity contribution is 5.73. The summed E-state index contributed by atoms with van der Waals surface area (Å²) in [4.78, 5) is 11.8. The summed E-state index contributed by atoms with van der Waals surface area (Å²) < 4.78 is 6.19. The normalized spacial score (nSPS) is 25.1. The number of aliphatic carboxylic acids is 1. The van der Waals surface area contributed by atoms with Gasteiger partial charge in [0, 0.05) is 11.5 Å². The zero-order chi connectivity index (χ0) is 18.9. The van der Waals surface area contributed by atoms with Crippen molar-refractivity contribution in [2.24, 2.45) is 5.92 Å². The van der Waals surface area contributed by atoms with Gasteiger partial charge in [0.15, 0.2) is 0 Å². The third-order valence-corrected chi connectivity index (χ3v) is 6.32. The monoisotopic (exact) mass is 360 g/mol. The predicted octanol–water partition coefficient (Wildman–Crippen LogP) is 5.37. The van der Waals surface area contributed by atoms with Crippen molar-refractivity contribution in [3.8, 4) is 11.5 Å². The number of ether oxygens (including phenoxy) is 1. The molecule has 0 aromatic heterocycles. The van der Waals surface area contributed by atoms with E-state index in [4.69, 9.17) is 4.74 Å². The highest BCUT2D eigenvalue weighted by Gasteiger charge is 2.46. The summed E-state index contributed by atoms with van der Waals surface area (Å²) in [6, 6.07) is 3.90. The third kappa shape index (κ3) is 3.56. The molecule has 3 atom stereocenters. The van der Waals surface area contributed by atoms with Gasteiger partial charge in [-0.1, -0.05) is 46.5 Å². The fraction of sp³-hybridized carbons (Fsp3) is 0.682. The zero-order valence-electron chi connectivity index (χ0n) is 16.3. The average molecular weight is 360 g/mol. The molecule has 0 saturated heterocycles. The highest BCUT2D eigenvalue weighted by Crippen LogP contribution is 2.52. The van der Waals surface area contributed by atoms with Gasteiger partial charge in [-0.2, -0.15) is 0 Å². The van der Waals surface area contributed by atoms with Gasteiger partial charge in [-0.3, -0.25) is 4.79 Å². The molecule has 0 bridgehead atoms. The van der Waals surface area contributed by atoms with Crippen LogP contribution >= 0.6 is 0 Å². The van der Waals surface area contributed by atoms with E-state index in [1.54, 1.807) is 0 Å². The Hall–Kier alpha value is -1.71. The van der Waals surface area contributed by atoms with Crippen LogP contribution in [0.3, 0.4) is 0 Å². The maximum atomic E-state index is 11.8. The lowest BCUT2D eigenvalue weighted by Gasteiger charge is -2.26. The molecule has 1 aromatic carbocycles. The van der Waals surface area contributed by atoms with Crippen LogP contribution in [0.25, 0.3) is 0 Å². The first-order chi connectivity index (χ1) is 12.3. The minimum atomic E-state index is -0.776. The van der Waals surface area contributed by atoms with Crippen LogP contribution in [0.2, 0.25) is 0 Å². The minimum Gasteiger partial charge on any atom is -0.508 e. The van der Waals surface area contributed by atoms with E-state index in [0.29, 0.717) is 12.2 Å². The summed E-state index contributed by atoms with van der Waals surface area (Å²) in [5, 5.41) is 20.5. The lowest BCUT2D eigenvalue weighted by Crippen LogP contribution is -2.28. The summed E-state index contributed by atoms with van der Waals surface area (Å²) >= 11 is 0. The number of hydrogen-bond acceptors (Lipinski definition) is 3. The Labute approximate surface area is 156 Å². The lowest BCUT2D eigenvalue weighted by molar-refractivity contribution is -0.143. The first-order valence-electron chi connectivity index (χ1n) is 10.1. The second-order valence-corrected chi connectivity index (χ2v) is 8.66. The number of phenols is 1. The maximum absolute atomic E-state index is 11.8. The van der Waals surface area contributed by atoms with E-state index < -0.39 is 11.9 Å². The van der Waals surface area contributed by atoms with E-state index in [0.717, 1.165) is 43.2 Å². The van der Waals surface area contributed by atoms with Gasteiger partial charge in [-0.15, -0.1) is 0 Å². The van der Waals surface area contributed by atoms with Crippen LogP contribution in [0.15, 0.2) is 12.1 Å². The zero-order valence-corrected chi connectivity index (χ0v) is 16.3. The third-order valence-electron chi connectivity index (χ3n) is 6.32. The number of hydrogen-bond donors (Lipinski definition) is 2. The molecule has 0 radical (unpaired) electrons. The Bertz CT molecular complexity index is 664. The second-order valence-electron chi connectivity index (χ2n) is 8.66. The Morgan fingerprint density at radius 3 is 2.65 bits per heavy atom. The molecule has 0 amide bonds. The molecule has 26 heavy (non-hydrogen) atoms. The van der Waals surface area contributed by atoms with Crippen molar-refractivity contribution in [3.05, 3.63) is 23.3 Å². The van der Waals surface area contributed by atoms with Crippen molar-refractivity contribution >= 4 is 5.97 Å². The van der Waals surface area contributed by atoms with Crippen LogP contribution in [0.4, 0.5) is 0 Å². The van der Waals surface area contributed by atoms with Gasteiger partial charge in [-0.25, -0.2) is 0 Å². The molecule has 1 heterocycles. The standard InChI is InChI=1S/C22H32O4/c1-4-5-8-11-22(2,3)14-12-16(23)20-18(13-14)26-17-10-7-6-9-15(19(17)20)21(24)25/h12-13,15,17,19,23H,4-11H2,1-3H3,(H,24,25). The van der Waals surface area contributed by atoms with Crippen LogP contribution in [0, 0.1) is 5.92 Å². The molecular weight excluding hydrogens is 328 g/mol. The molecule has 144 valence electrons. The molecular formula is C22H32O4. The van der Waals surface area contributed by atoms with E-state index in [1.807, 2.05) is 6.07 Å². The van der Waals surface area contributed by atoms with Crippen LogP contribution in [-0.4, -0.2) is 22.3 Å². The van der Waals surface area contributed by atoms with Crippen LogP contribution < -0.4 is 4.74 Å². The van der Waals surface area contributed by atoms with Crippen molar-refractivity contribution < 1.29 is 19.7 Å². The van der Waals surface area contributed by atoms with Crippen molar-refractivity contribution in [3.63, 3.8) is 0 Å². The van der Waals surface area contributed by atoms with E-state index in [9.17, 15) is 15.0 Å². The number of benzene rings is 1. The largest absolute Gasteiger partial charge is 0.508 e. The lowest BCUT2D eigenvalue weighted by atomic mass is 9.77. The number of unbranched alkanes of at least 4 members (excludes halogenated alkanes) is 2. The van der Waals surface area contributed by atoms with Crippen LogP contribution in [0.5, 0.6) is 11.5 Å². The van der Waals surface area contributed by atoms with Gasteiger partial charge in [0.2, 0.25) is 0 Å². The van der Waals surface area contributed by atoms with Gasteiger partial charge in [0.1, 0.15) is 17.6 Å². The van der Waals surface area contributed by atoms with Gasteiger partial charge >= 0.3 is 5.97 Å². The summed E-state index contributed by atoms with van der Waals surface area (Å²) in [5.41, 5.74) is 1.76. The fourth-order valence-electron chi connectivity index (χ4n) is 4.68. The molecule has 3 rings (SSSR count). The van der Waals surface area contributed by atoms with Gasteiger partial charge < -0.3 is 14.9 Å². The molecule has 1 fully saturated rings. The Balaban J connectivity index is 1.94. The molecule has 1 aliphatic heterocycles. The van der Waals surface area contributed by atoms with Crippen molar-refractivity contribution in [1.82, 2.24) is 0 Å². The molecule has 4 heteroatoms. The number of aromatic hydroxyl groups is 1. The Kier molecular flexibility index (Phi) is 5.50. The first-order valence-corrected chi connectivity index (χ1v) is 10.1. The number of carboxylic acids is 1. The number of carboxylic acid groups (broad SMARTS) is 1. The number of carbonyl (C=O) groups is 1. The SMILES string of the molecule is CCCCCC(C)(C)c1cc(O)c2c(c1)OC1CCCCC(C(=O)O)C21. The molecule has 3 unspecified atom stereocenters. The van der Waals surface area contributed by atoms with Crippen molar-refractivity contribution in [1.29, 1.82) is 0 Å². The molecule has 1 saturated carbocycles. The molecule has 2 N–H and O–H groups in total. The van der Waals surface area contributed by atoms with Crippen molar-refractivity contribution in [2.75, 3.05) is 0 Å². The van der Waals surface area contributed by atoms with Crippen molar-refractivity contribution in [2.45, 2.75) is 89.6 Å². The Morgan fingerprint density at radius 2 is 1.96 bits per heavy atom. The minimum absolute atomic E-state index is 0.0398. The van der Waals surface area contributed by atoms with Crippen LogP contribution in [-0.2, 0) is 10.2 Å². The van der Waals surface area contributed by atoms with E-state index in [-0.39, 0.29) is 23.2 Å². The van der Waals surface area contributed by atoms with Gasteiger partial charge in [0.25, 0.3) is 0 Å².